The molecule has 0 bridgehead atoms. The normalized spacial score (nSPS) is 9.38. The number of aliphatic carboxylic acids is 1. The summed E-state index contributed by atoms with van der Waals surface area (Å²) in [5, 5.41) is 13.5. The van der Waals surface area contributed by atoms with Gasteiger partial charge in [0.2, 0.25) is 0 Å². The first-order chi connectivity index (χ1) is 7.11. The summed E-state index contributed by atoms with van der Waals surface area (Å²) in [6.45, 7) is 4.74. The van der Waals surface area contributed by atoms with E-state index in [0.29, 0.717) is 13.0 Å². The van der Waals surface area contributed by atoms with Crippen molar-refractivity contribution in [3.8, 4) is 0 Å². The summed E-state index contributed by atoms with van der Waals surface area (Å²) < 4.78 is 0. The molecule has 0 aromatic heterocycles. The van der Waals surface area contributed by atoms with E-state index in [0.717, 1.165) is 5.69 Å². The van der Waals surface area contributed by atoms with Crippen molar-refractivity contribution < 1.29 is 39.5 Å². The van der Waals surface area contributed by atoms with Crippen LogP contribution in [0.3, 0.4) is 0 Å². The number of para-hydroxylation sites is 1. The number of hydrogen-bond donors (Lipinski definition) is 1. The quantitative estimate of drug-likeness (QED) is 0.481. The molecule has 0 fully saturated rings. The van der Waals surface area contributed by atoms with Crippen LogP contribution in [-0.2, 0) is 4.79 Å². The van der Waals surface area contributed by atoms with Gasteiger partial charge in [0.25, 0.3) is 0 Å². The molecule has 0 aliphatic carbocycles. The Morgan fingerprint density at radius 3 is 2.38 bits per heavy atom. The van der Waals surface area contributed by atoms with E-state index < -0.39 is 5.97 Å². The molecular weight excluding hydrogens is 213 g/mol. The zero-order valence-electron chi connectivity index (χ0n) is 10.2. The molecule has 0 aliphatic rings. The van der Waals surface area contributed by atoms with Crippen LogP contribution in [0.2, 0.25) is 0 Å². The van der Waals surface area contributed by atoms with Gasteiger partial charge in [-0.3, -0.25) is 0 Å². The summed E-state index contributed by atoms with van der Waals surface area (Å²) in [6, 6.07) is 6.08. The number of carboxylic acid groups (broad SMARTS) is 1. The largest absolute Gasteiger partial charge is 1.00 e. The van der Waals surface area contributed by atoms with E-state index in [2.05, 4.69) is 5.32 Å². The SMILES string of the molecule is Cc1cccc(C)c1NCCCC(=O)[O-].[Na+]. The smallest absolute Gasteiger partial charge is 0.550 e. The van der Waals surface area contributed by atoms with Crippen molar-refractivity contribution in [1.82, 2.24) is 0 Å². The fourth-order valence-electron chi connectivity index (χ4n) is 1.54. The molecule has 0 saturated carbocycles. The van der Waals surface area contributed by atoms with Crippen LogP contribution < -0.4 is 40.0 Å². The minimum atomic E-state index is -0.988. The summed E-state index contributed by atoms with van der Waals surface area (Å²) in [5.41, 5.74) is 3.47. The molecule has 1 N–H and O–H groups in total. The molecule has 3 nitrogen and oxygen atoms in total. The van der Waals surface area contributed by atoms with Crippen LogP contribution in [0.15, 0.2) is 18.2 Å². The first kappa shape index (κ1) is 15.5. The predicted molar refractivity (Wildman–Crippen MR) is 58.6 cm³/mol. The fourth-order valence-corrected chi connectivity index (χ4v) is 1.54. The van der Waals surface area contributed by atoms with Crippen LogP contribution in [0.4, 0.5) is 5.69 Å². The minimum Gasteiger partial charge on any atom is -0.550 e. The molecule has 0 unspecified atom stereocenters. The molecule has 0 spiro atoms. The van der Waals surface area contributed by atoms with Gasteiger partial charge in [0.05, 0.1) is 0 Å². The Labute approximate surface area is 119 Å². The van der Waals surface area contributed by atoms with E-state index >= 15 is 0 Å². The number of benzene rings is 1. The molecule has 4 heteroatoms. The summed E-state index contributed by atoms with van der Waals surface area (Å²) in [4.78, 5) is 10.2. The number of aryl methyl sites for hydroxylation is 2. The second kappa shape index (κ2) is 7.71. The number of carbonyl (C=O) groups excluding carboxylic acids is 1. The Morgan fingerprint density at radius 2 is 1.88 bits per heavy atom. The van der Waals surface area contributed by atoms with E-state index in [1.807, 2.05) is 32.0 Å². The van der Waals surface area contributed by atoms with Gasteiger partial charge in [-0.15, -0.1) is 0 Å². The third-order valence-electron chi connectivity index (χ3n) is 2.34. The van der Waals surface area contributed by atoms with Gasteiger partial charge in [0.15, 0.2) is 0 Å². The van der Waals surface area contributed by atoms with E-state index in [9.17, 15) is 9.90 Å². The molecule has 0 saturated heterocycles. The standard InChI is InChI=1S/C12H17NO2.Na/c1-9-5-3-6-10(2)12(9)13-8-4-7-11(14)15;/h3,5-6,13H,4,7-8H2,1-2H3,(H,14,15);/q;+1/p-1. The topological polar surface area (TPSA) is 52.2 Å². The maximum atomic E-state index is 10.2. The molecule has 1 rings (SSSR count). The Morgan fingerprint density at radius 1 is 1.31 bits per heavy atom. The number of hydrogen-bond acceptors (Lipinski definition) is 3. The average molecular weight is 229 g/mol. The second-order valence-electron chi connectivity index (χ2n) is 3.67. The van der Waals surface area contributed by atoms with Crippen LogP contribution in [0, 0.1) is 13.8 Å². The van der Waals surface area contributed by atoms with Gasteiger partial charge in [0.1, 0.15) is 0 Å². The molecule has 1 aromatic carbocycles. The number of rotatable bonds is 5. The number of nitrogens with one attached hydrogen (secondary N) is 1. The Balaban J connectivity index is 0.00000225. The molecule has 16 heavy (non-hydrogen) atoms. The number of carboxylic acids is 1. The van der Waals surface area contributed by atoms with Crippen molar-refractivity contribution in [3.05, 3.63) is 29.3 Å². The maximum Gasteiger partial charge on any atom is 1.00 e. The Kier molecular flexibility index (Phi) is 7.47. The first-order valence-electron chi connectivity index (χ1n) is 5.11. The first-order valence-corrected chi connectivity index (χ1v) is 5.11. The van der Waals surface area contributed by atoms with Crippen LogP contribution in [0.5, 0.6) is 0 Å². The van der Waals surface area contributed by atoms with Crippen molar-refractivity contribution in [2.75, 3.05) is 11.9 Å². The monoisotopic (exact) mass is 229 g/mol. The second-order valence-corrected chi connectivity index (χ2v) is 3.67. The van der Waals surface area contributed by atoms with E-state index in [-0.39, 0.29) is 36.0 Å². The molecule has 0 radical (unpaired) electrons. The number of anilines is 1. The molecular formula is C12H16NNaO2. The number of carbonyl (C=O) groups is 1. The van der Waals surface area contributed by atoms with Crippen molar-refractivity contribution in [1.29, 1.82) is 0 Å². The Bertz CT molecular complexity index is 333. The van der Waals surface area contributed by atoms with Gasteiger partial charge in [0, 0.05) is 18.2 Å². The molecule has 0 amide bonds. The minimum absolute atomic E-state index is 0. The van der Waals surface area contributed by atoms with Crippen molar-refractivity contribution in [2.24, 2.45) is 0 Å². The summed E-state index contributed by atoms with van der Waals surface area (Å²) in [5.74, 6) is -0.988. The molecule has 0 aliphatic heterocycles. The van der Waals surface area contributed by atoms with Crippen LogP contribution in [0.25, 0.3) is 0 Å². The van der Waals surface area contributed by atoms with E-state index in [1.54, 1.807) is 0 Å². The van der Waals surface area contributed by atoms with Crippen LogP contribution in [-0.4, -0.2) is 12.5 Å². The molecule has 0 heterocycles. The third-order valence-corrected chi connectivity index (χ3v) is 2.34. The van der Waals surface area contributed by atoms with Gasteiger partial charge < -0.3 is 15.2 Å². The summed E-state index contributed by atoms with van der Waals surface area (Å²) >= 11 is 0. The van der Waals surface area contributed by atoms with Gasteiger partial charge >= 0.3 is 29.6 Å². The third kappa shape index (κ3) is 5.01. The van der Waals surface area contributed by atoms with Crippen LogP contribution in [0.1, 0.15) is 24.0 Å². The van der Waals surface area contributed by atoms with Crippen molar-refractivity contribution in [3.63, 3.8) is 0 Å². The molecule has 82 valence electrons. The molecule has 0 atom stereocenters. The van der Waals surface area contributed by atoms with E-state index in [4.69, 9.17) is 0 Å². The summed E-state index contributed by atoms with van der Waals surface area (Å²) in [7, 11) is 0. The van der Waals surface area contributed by atoms with Gasteiger partial charge in [-0.1, -0.05) is 18.2 Å². The van der Waals surface area contributed by atoms with Gasteiger partial charge in [-0.05, 0) is 37.8 Å². The average Bonchev–Trinajstić information content (AvgIpc) is 2.15. The van der Waals surface area contributed by atoms with Gasteiger partial charge in [-0.2, -0.15) is 0 Å². The van der Waals surface area contributed by atoms with E-state index in [1.165, 1.54) is 11.1 Å². The predicted octanol–water partition coefficient (Wildman–Crippen LogP) is -1.75. The van der Waals surface area contributed by atoms with Gasteiger partial charge in [-0.25, -0.2) is 0 Å². The zero-order chi connectivity index (χ0) is 11.3. The molecule has 1 aromatic rings. The Hall–Kier alpha value is -0.510. The van der Waals surface area contributed by atoms with Crippen LogP contribution >= 0.6 is 0 Å². The van der Waals surface area contributed by atoms with Crippen molar-refractivity contribution in [2.45, 2.75) is 26.7 Å². The van der Waals surface area contributed by atoms with Crippen molar-refractivity contribution >= 4 is 11.7 Å². The zero-order valence-corrected chi connectivity index (χ0v) is 12.2. The maximum absolute atomic E-state index is 10.2. The fraction of sp³-hybridized carbons (Fsp3) is 0.417. The summed E-state index contributed by atoms with van der Waals surface area (Å²) in [6.07, 6.45) is 0.702.